The van der Waals surface area contributed by atoms with Crippen LogP contribution < -0.4 is 4.72 Å². The molecule has 0 aliphatic heterocycles. The molecule has 2 heterocycles. The lowest BCUT2D eigenvalue weighted by Gasteiger charge is -2.20. The first-order valence-corrected chi connectivity index (χ1v) is 10.7. The molecule has 0 aliphatic carbocycles. The molecule has 0 aliphatic rings. The van der Waals surface area contributed by atoms with Crippen molar-refractivity contribution in [2.75, 3.05) is 6.54 Å². The Bertz CT molecular complexity index is 1000. The van der Waals surface area contributed by atoms with Crippen LogP contribution in [-0.2, 0) is 27.9 Å². The van der Waals surface area contributed by atoms with Crippen LogP contribution in [0.2, 0.25) is 0 Å². The number of amides is 1. The normalized spacial score (nSPS) is 11.5. The first-order valence-electron chi connectivity index (χ1n) is 9.24. The summed E-state index contributed by atoms with van der Waals surface area (Å²) in [6.07, 6.45) is 3.11. The molecule has 0 unspecified atom stereocenters. The summed E-state index contributed by atoms with van der Waals surface area (Å²) in [6, 6.07) is 12.0. The van der Waals surface area contributed by atoms with E-state index >= 15 is 0 Å². The molecular formula is C21H24N2O5S. The van der Waals surface area contributed by atoms with Crippen LogP contribution in [0, 0.1) is 13.8 Å². The highest BCUT2D eigenvalue weighted by Gasteiger charge is 2.19. The number of furan rings is 2. The van der Waals surface area contributed by atoms with Gasteiger partial charge in [0.25, 0.3) is 0 Å². The van der Waals surface area contributed by atoms with Gasteiger partial charge in [-0.3, -0.25) is 4.79 Å². The van der Waals surface area contributed by atoms with Crippen LogP contribution in [0.5, 0.6) is 0 Å². The van der Waals surface area contributed by atoms with Gasteiger partial charge < -0.3 is 13.7 Å². The standard InChI is InChI=1S/C21H24N2O5S/c1-16-7-8-20(13-17(16)2)29(25,26)22-10-9-21(24)23(14-18-5-3-11-27-18)15-19-6-4-12-28-19/h3-8,11-13,22H,9-10,14-15H2,1-2H3. The fraction of sp³-hybridized carbons (Fsp3) is 0.286. The van der Waals surface area contributed by atoms with Crippen molar-refractivity contribution in [1.29, 1.82) is 0 Å². The molecule has 0 radical (unpaired) electrons. The number of sulfonamides is 1. The summed E-state index contributed by atoms with van der Waals surface area (Å²) >= 11 is 0. The first-order chi connectivity index (χ1) is 13.8. The van der Waals surface area contributed by atoms with Crippen molar-refractivity contribution >= 4 is 15.9 Å². The zero-order valence-electron chi connectivity index (χ0n) is 16.4. The van der Waals surface area contributed by atoms with E-state index in [1.807, 2.05) is 13.8 Å². The molecule has 3 aromatic rings. The maximum absolute atomic E-state index is 12.7. The Labute approximate surface area is 170 Å². The van der Waals surface area contributed by atoms with Crippen LogP contribution in [0.4, 0.5) is 0 Å². The Balaban J connectivity index is 1.62. The second-order valence-electron chi connectivity index (χ2n) is 6.80. The molecule has 1 amide bonds. The average molecular weight is 416 g/mol. The molecule has 0 atom stereocenters. The summed E-state index contributed by atoms with van der Waals surface area (Å²) in [5.41, 5.74) is 1.91. The largest absolute Gasteiger partial charge is 0.467 e. The van der Waals surface area contributed by atoms with E-state index in [9.17, 15) is 13.2 Å². The molecule has 1 N–H and O–H groups in total. The van der Waals surface area contributed by atoms with E-state index in [-0.39, 0.29) is 36.9 Å². The zero-order chi connectivity index (χ0) is 20.9. The summed E-state index contributed by atoms with van der Waals surface area (Å²) in [6.45, 7) is 4.33. The lowest BCUT2D eigenvalue weighted by Crippen LogP contribution is -2.33. The van der Waals surface area contributed by atoms with E-state index in [0.717, 1.165) is 11.1 Å². The van der Waals surface area contributed by atoms with Crippen LogP contribution in [0.3, 0.4) is 0 Å². The number of aryl methyl sites for hydroxylation is 2. The fourth-order valence-corrected chi connectivity index (χ4v) is 3.94. The number of rotatable bonds is 9. The SMILES string of the molecule is Cc1ccc(S(=O)(=O)NCCC(=O)N(Cc2ccco2)Cc2ccco2)cc1C. The van der Waals surface area contributed by atoms with Crippen LogP contribution in [0.15, 0.2) is 68.7 Å². The van der Waals surface area contributed by atoms with Gasteiger partial charge >= 0.3 is 0 Å². The lowest BCUT2D eigenvalue weighted by atomic mass is 10.1. The molecular weight excluding hydrogens is 392 g/mol. The number of benzene rings is 1. The molecule has 0 saturated heterocycles. The second-order valence-corrected chi connectivity index (χ2v) is 8.57. The second kappa shape index (κ2) is 9.11. The third kappa shape index (κ3) is 5.58. The first kappa shape index (κ1) is 20.9. The minimum Gasteiger partial charge on any atom is -0.467 e. The third-order valence-electron chi connectivity index (χ3n) is 4.63. The molecule has 0 saturated carbocycles. The highest BCUT2D eigenvalue weighted by Crippen LogP contribution is 2.15. The summed E-state index contributed by atoms with van der Waals surface area (Å²) in [5.74, 6) is 1.07. The van der Waals surface area contributed by atoms with Gasteiger partial charge in [0, 0.05) is 13.0 Å². The van der Waals surface area contributed by atoms with Gasteiger partial charge in [0.15, 0.2) is 0 Å². The predicted molar refractivity (Wildman–Crippen MR) is 107 cm³/mol. The van der Waals surface area contributed by atoms with Crippen LogP contribution in [-0.4, -0.2) is 25.8 Å². The van der Waals surface area contributed by atoms with E-state index in [4.69, 9.17) is 8.83 Å². The molecule has 154 valence electrons. The van der Waals surface area contributed by atoms with Gasteiger partial charge in [-0.05, 0) is 61.4 Å². The fourth-order valence-electron chi connectivity index (χ4n) is 2.83. The number of nitrogens with zero attached hydrogens (tertiary/aromatic N) is 1. The predicted octanol–water partition coefficient (Wildman–Crippen LogP) is 3.39. The van der Waals surface area contributed by atoms with Gasteiger partial charge in [-0.2, -0.15) is 0 Å². The minimum atomic E-state index is -3.68. The molecule has 1 aromatic carbocycles. The van der Waals surface area contributed by atoms with Gasteiger partial charge in [0.2, 0.25) is 15.9 Å². The summed E-state index contributed by atoms with van der Waals surface area (Å²) in [5, 5.41) is 0. The minimum absolute atomic E-state index is 0.000893. The molecule has 0 fully saturated rings. The average Bonchev–Trinajstić information content (AvgIpc) is 3.37. The monoisotopic (exact) mass is 416 g/mol. The number of hydrogen-bond donors (Lipinski definition) is 1. The quantitative estimate of drug-likeness (QED) is 0.577. The van der Waals surface area contributed by atoms with Crippen molar-refractivity contribution in [3.8, 4) is 0 Å². The molecule has 7 nitrogen and oxygen atoms in total. The van der Waals surface area contributed by atoms with Crippen molar-refractivity contribution in [3.05, 3.63) is 77.6 Å². The van der Waals surface area contributed by atoms with Crippen LogP contribution in [0.1, 0.15) is 29.1 Å². The molecule has 0 spiro atoms. The van der Waals surface area contributed by atoms with Crippen molar-refractivity contribution in [1.82, 2.24) is 9.62 Å². The molecule has 29 heavy (non-hydrogen) atoms. The number of carbonyl (C=O) groups is 1. The summed E-state index contributed by atoms with van der Waals surface area (Å²) in [4.78, 5) is 14.5. The molecule has 3 rings (SSSR count). The van der Waals surface area contributed by atoms with Crippen molar-refractivity contribution < 1.29 is 22.0 Å². The van der Waals surface area contributed by atoms with Gasteiger partial charge in [-0.25, -0.2) is 13.1 Å². The number of hydrogen-bond acceptors (Lipinski definition) is 5. The molecule has 0 bridgehead atoms. The lowest BCUT2D eigenvalue weighted by molar-refractivity contribution is -0.132. The van der Waals surface area contributed by atoms with Crippen LogP contribution in [0.25, 0.3) is 0 Å². The van der Waals surface area contributed by atoms with E-state index in [0.29, 0.717) is 11.5 Å². The Kier molecular flexibility index (Phi) is 6.56. The van der Waals surface area contributed by atoms with E-state index in [1.54, 1.807) is 59.9 Å². The Morgan fingerprint density at radius 2 is 1.59 bits per heavy atom. The Morgan fingerprint density at radius 1 is 0.966 bits per heavy atom. The van der Waals surface area contributed by atoms with Gasteiger partial charge in [-0.1, -0.05) is 6.07 Å². The van der Waals surface area contributed by atoms with E-state index < -0.39 is 10.0 Å². The number of nitrogens with one attached hydrogen (secondary N) is 1. The van der Waals surface area contributed by atoms with E-state index in [1.165, 1.54) is 0 Å². The Morgan fingerprint density at radius 3 is 2.10 bits per heavy atom. The van der Waals surface area contributed by atoms with E-state index in [2.05, 4.69) is 4.72 Å². The maximum atomic E-state index is 12.7. The highest BCUT2D eigenvalue weighted by atomic mass is 32.2. The van der Waals surface area contributed by atoms with Crippen molar-refractivity contribution in [2.24, 2.45) is 0 Å². The highest BCUT2D eigenvalue weighted by molar-refractivity contribution is 7.89. The third-order valence-corrected chi connectivity index (χ3v) is 6.08. The van der Waals surface area contributed by atoms with Gasteiger partial charge in [0.1, 0.15) is 11.5 Å². The maximum Gasteiger partial charge on any atom is 0.240 e. The Hall–Kier alpha value is -2.84. The number of carbonyl (C=O) groups excluding carboxylic acids is 1. The smallest absolute Gasteiger partial charge is 0.240 e. The molecule has 2 aromatic heterocycles. The van der Waals surface area contributed by atoms with Crippen LogP contribution >= 0.6 is 0 Å². The van der Waals surface area contributed by atoms with Gasteiger partial charge in [0.05, 0.1) is 30.5 Å². The topological polar surface area (TPSA) is 92.8 Å². The van der Waals surface area contributed by atoms with Gasteiger partial charge in [-0.15, -0.1) is 0 Å². The summed E-state index contributed by atoms with van der Waals surface area (Å²) in [7, 11) is -3.68. The van der Waals surface area contributed by atoms with Crippen molar-refractivity contribution in [2.45, 2.75) is 38.3 Å². The molecule has 8 heteroatoms. The zero-order valence-corrected chi connectivity index (χ0v) is 17.2. The van der Waals surface area contributed by atoms with Crippen molar-refractivity contribution in [3.63, 3.8) is 0 Å². The summed E-state index contributed by atoms with van der Waals surface area (Å²) < 4.78 is 38.2.